The zero-order valence-electron chi connectivity index (χ0n) is 7.28. The van der Waals surface area contributed by atoms with Crippen LogP contribution in [0.5, 0.6) is 0 Å². The molecule has 0 heterocycles. The summed E-state index contributed by atoms with van der Waals surface area (Å²) in [6, 6.07) is 0. The molecule has 17 heavy (non-hydrogen) atoms. The van der Waals surface area contributed by atoms with Crippen LogP contribution in [-0.2, 0) is 0 Å². The first-order valence-electron chi connectivity index (χ1n) is 3.89. The van der Waals surface area contributed by atoms with Gasteiger partial charge in [0.15, 0.2) is 11.7 Å². The first kappa shape index (κ1) is 13.3. The number of alkyl halides is 8. The minimum absolute atomic E-state index is 0.0600. The lowest BCUT2D eigenvalue weighted by Gasteiger charge is -2.32. The van der Waals surface area contributed by atoms with Crippen molar-refractivity contribution in [2.45, 2.75) is 26.9 Å². The number of halogens is 10. The number of allylic oxidation sites excluding steroid dienone is 2. The Morgan fingerprint density at radius 2 is 1.06 bits per heavy atom. The van der Waals surface area contributed by atoms with E-state index in [1.807, 2.05) is 0 Å². The molecule has 2 aliphatic rings. The Balaban J connectivity index is 2.93. The third-order valence-corrected chi connectivity index (χ3v) is 4.75. The van der Waals surface area contributed by atoms with Gasteiger partial charge in [0.1, 0.15) is 0 Å². The maximum absolute atomic E-state index is 13.4. The Kier molecular flexibility index (Phi) is 2.12. The Bertz CT molecular complexity index is 403. The summed E-state index contributed by atoms with van der Waals surface area (Å²) >= 11 is -0.0600. The zero-order chi connectivity index (χ0) is 13.7. The highest BCUT2D eigenvalue weighted by molar-refractivity contribution is 14.1. The number of hydrogen-bond acceptors (Lipinski definition) is 0. The van der Waals surface area contributed by atoms with Crippen LogP contribution in [0.3, 0.4) is 0 Å². The average Bonchev–Trinajstić information content (AvgIpc) is 2.33. The van der Waals surface area contributed by atoms with Gasteiger partial charge in [-0.15, -0.1) is 0 Å². The van der Waals surface area contributed by atoms with E-state index in [0.717, 1.165) is 0 Å². The van der Waals surface area contributed by atoms with Crippen molar-refractivity contribution in [2.24, 2.45) is 0 Å². The van der Waals surface area contributed by atoms with Crippen LogP contribution >= 0.6 is 22.6 Å². The smallest absolute Gasteiger partial charge is 0.222 e. The lowest BCUT2D eigenvalue weighted by atomic mass is 9.95. The first-order chi connectivity index (χ1) is 7.32. The van der Waals surface area contributed by atoms with Gasteiger partial charge in [-0.1, -0.05) is 22.6 Å². The molecule has 0 aliphatic heterocycles. The number of hydrogen-bond donors (Lipinski definition) is 0. The van der Waals surface area contributed by atoms with Gasteiger partial charge in [0.2, 0.25) is 3.42 Å². The van der Waals surface area contributed by atoms with Crippen LogP contribution < -0.4 is 0 Å². The van der Waals surface area contributed by atoms with Crippen molar-refractivity contribution in [3.05, 3.63) is 11.7 Å². The van der Waals surface area contributed by atoms with E-state index in [1.165, 1.54) is 0 Å². The van der Waals surface area contributed by atoms with Crippen molar-refractivity contribution in [3.8, 4) is 0 Å². The molecule has 98 valence electrons. The second-order valence-electron chi connectivity index (χ2n) is 3.67. The van der Waals surface area contributed by atoms with Crippen molar-refractivity contribution in [3.63, 3.8) is 0 Å². The molecule has 0 radical (unpaired) electrons. The van der Waals surface area contributed by atoms with E-state index in [1.54, 1.807) is 0 Å². The molecule has 1 fully saturated rings. The monoisotopic (exact) mass is 382 g/mol. The maximum atomic E-state index is 13.4. The van der Waals surface area contributed by atoms with Crippen molar-refractivity contribution in [2.75, 3.05) is 0 Å². The van der Waals surface area contributed by atoms with Crippen molar-refractivity contribution in [1.82, 2.24) is 0 Å². The van der Waals surface area contributed by atoms with Crippen molar-refractivity contribution < 1.29 is 39.5 Å². The molecule has 0 saturated heterocycles. The van der Waals surface area contributed by atoms with E-state index in [2.05, 4.69) is 0 Å². The minimum Gasteiger partial charge on any atom is -0.222 e. The van der Waals surface area contributed by atoms with Gasteiger partial charge in [0.25, 0.3) is 5.67 Å². The van der Waals surface area contributed by atoms with Crippen LogP contribution in [0.1, 0.15) is 0 Å². The molecule has 0 nitrogen and oxygen atoms in total. The summed E-state index contributed by atoms with van der Waals surface area (Å²) in [7, 11) is 0. The summed E-state index contributed by atoms with van der Waals surface area (Å²) in [5, 5.41) is 0. The summed E-state index contributed by atoms with van der Waals surface area (Å²) in [5.74, 6) is -23.4. The maximum Gasteiger partial charge on any atom is 0.358 e. The Morgan fingerprint density at radius 3 is 1.35 bits per heavy atom. The lowest BCUT2D eigenvalue weighted by Crippen LogP contribution is -2.56. The molecule has 2 atom stereocenters. The molecular formula is C7F9I. The summed E-state index contributed by atoms with van der Waals surface area (Å²) < 4.78 is 113. The van der Waals surface area contributed by atoms with Gasteiger partial charge in [-0.3, -0.25) is 0 Å². The minimum atomic E-state index is -6.04. The fourth-order valence-electron chi connectivity index (χ4n) is 1.92. The van der Waals surface area contributed by atoms with Crippen LogP contribution in [0.15, 0.2) is 11.7 Å². The second kappa shape index (κ2) is 2.72. The zero-order valence-corrected chi connectivity index (χ0v) is 9.44. The number of rotatable bonds is 0. The van der Waals surface area contributed by atoms with Gasteiger partial charge in [0.05, 0.1) is 0 Å². The number of fused-ring (bicyclic) bond motifs is 2. The third-order valence-electron chi connectivity index (χ3n) is 2.92. The van der Waals surface area contributed by atoms with E-state index in [-0.39, 0.29) is 22.6 Å². The molecule has 2 unspecified atom stereocenters. The molecule has 0 spiro atoms. The summed E-state index contributed by atoms with van der Waals surface area (Å²) in [5.41, 5.74) is -5.66. The lowest BCUT2D eigenvalue weighted by molar-refractivity contribution is -0.250. The molecule has 0 aromatic heterocycles. The van der Waals surface area contributed by atoms with Gasteiger partial charge in [-0.2, -0.15) is 17.6 Å². The van der Waals surface area contributed by atoms with Gasteiger partial charge in [-0.05, 0) is 0 Å². The molecular weight excluding hydrogens is 382 g/mol. The van der Waals surface area contributed by atoms with Crippen LogP contribution in [0, 0.1) is 0 Å². The second-order valence-corrected chi connectivity index (χ2v) is 5.29. The average molecular weight is 382 g/mol. The predicted octanol–water partition coefficient (Wildman–Crippen LogP) is 3.95. The van der Waals surface area contributed by atoms with Gasteiger partial charge < -0.3 is 0 Å². The summed E-state index contributed by atoms with van der Waals surface area (Å²) in [6.07, 6.45) is 0. The fourth-order valence-corrected chi connectivity index (χ4v) is 2.87. The van der Waals surface area contributed by atoms with Gasteiger partial charge in [0, 0.05) is 0 Å². The normalized spacial score (nSPS) is 45.5. The summed E-state index contributed by atoms with van der Waals surface area (Å²) in [4.78, 5) is 0. The van der Waals surface area contributed by atoms with Crippen LogP contribution in [-0.4, -0.2) is 26.9 Å². The quantitative estimate of drug-likeness (QED) is 0.338. The van der Waals surface area contributed by atoms with Crippen LogP contribution in [0.2, 0.25) is 0 Å². The van der Waals surface area contributed by atoms with Gasteiger partial charge in [-0.25, -0.2) is 22.0 Å². The first-order valence-corrected chi connectivity index (χ1v) is 4.97. The molecule has 2 rings (SSSR count). The molecule has 10 heteroatoms. The Labute approximate surface area is 101 Å². The van der Waals surface area contributed by atoms with Crippen LogP contribution in [0.25, 0.3) is 0 Å². The molecule has 0 aromatic rings. The Hall–Kier alpha value is -0.160. The highest BCUT2D eigenvalue weighted by Gasteiger charge is 3.03. The largest absolute Gasteiger partial charge is 0.358 e. The highest BCUT2D eigenvalue weighted by Crippen LogP contribution is 2.78. The summed E-state index contributed by atoms with van der Waals surface area (Å²) in [6.45, 7) is 0. The van der Waals surface area contributed by atoms with E-state index in [4.69, 9.17) is 0 Å². The van der Waals surface area contributed by atoms with Crippen molar-refractivity contribution >= 4 is 22.6 Å². The van der Waals surface area contributed by atoms with E-state index >= 15 is 0 Å². The van der Waals surface area contributed by atoms with Crippen LogP contribution in [0.4, 0.5) is 39.5 Å². The molecule has 2 bridgehead atoms. The van der Waals surface area contributed by atoms with Gasteiger partial charge >= 0.3 is 17.8 Å². The molecule has 0 N–H and O–H groups in total. The van der Waals surface area contributed by atoms with Crippen molar-refractivity contribution in [1.29, 1.82) is 0 Å². The topological polar surface area (TPSA) is 0 Å². The third kappa shape index (κ3) is 0.820. The molecule has 0 amide bonds. The van der Waals surface area contributed by atoms with E-state index < -0.39 is 38.5 Å². The standard InChI is InChI=1S/C7F9I/c8-1-2(9)4(17)5(11,12)3(1,10)6(13,14)7(4,15)16. The predicted molar refractivity (Wildman–Crippen MR) is 44.7 cm³/mol. The fraction of sp³-hybridized carbons (Fsp3) is 0.714. The molecule has 0 aromatic carbocycles. The molecule has 1 saturated carbocycles. The SMILES string of the molecule is FC1=C(F)C2(I)C(F)(F)C(F)(F)C1(F)C2(F)F. The Morgan fingerprint density at radius 1 is 0.647 bits per heavy atom. The molecule has 2 aliphatic carbocycles. The van der Waals surface area contributed by atoms with E-state index in [0.29, 0.717) is 0 Å². The van der Waals surface area contributed by atoms with E-state index in [9.17, 15) is 39.5 Å². The highest BCUT2D eigenvalue weighted by atomic mass is 127.